The number of hydrogen-bond acceptors (Lipinski definition) is 1. The number of aliphatic hydroxyl groups excluding tert-OH is 1. The standard InChI is InChI=1S/C16H26O/c1-11(2)13-5-7-16(4)8-6-14(10-17)12(3)15(16)9-13/h13-14,17H,1,5-10H2,2-4H3. The van der Waals surface area contributed by atoms with Crippen LogP contribution in [0.5, 0.6) is 0 Å². The smallest absolute Gasteiger partial charge is 0.0496 e. The molecule has 0 aromatic carbocycles. The van der Waals surface area contributed by atoms with Crippen molar-refractivity contribution >= 4 is 0 Å². The first-order valence-electron chi connectivity index (χ1n) is 6.94. The lowest BCUT2D eigenvalue weighted by Crippen LogP contribution is -2.34. The van der Waals surface area contributed by atoms with Crippen LogP contribution in [-0.4, -0.2) is 11.7 Å². The van der Waals surface area contributed by atoms with Gasteiger partial charge in [-0.2, -0.15) is 0 Å². The lowest BCUT2D eigenvalue weighted by atomic mass is 9.59. The molecule has 0 aliphatic heterocycles. The molecule has 96 valence electrons. The van der Waals surface area contributed by atoms with Crippen LogP contribution in [0.3, 0.4) is 0 Å². The van der Waals surface area contributed by atoms with Gasteiger partial charge in [0.2, 0.25) is 0 Å². The molecule has 0 bridgehead atoms. The average molecular weight is 234 g/mol. The van der Waals surface area contributed by atoms with E-state index in [4.69, 9.17) is 0 Å². The lowest BCUT2D eigenvalue weighted by Gasteiger charge is -2.46. The van der Waals surface area contributed by atoms with Crippen LogP contribution in [0, 0.1) is 17.3 Å². The van der Waals surface area contributed by atoms with E-state index in [0.29, 0.717) is 23.9 Å². The SMILES string of the molecule is C=C(C)C1CCC2(C)CCC(CO)C(C)=C2C1. The highest BCUT2D eigenvalue weighted by atomic mass is 16.3. The molecule has 0 heterocycles. The second kappa shape index (κ2) is 4.61. The molecule has 1 N–H and O–H groups in total. The van der Waals surface area contributed by atoms with Crippen molar-refractivity contribution in [3.63, 3.8) is 0 Å². The molecule has 3 atom stereocenters. The maximum Gasteiger partial charge on any atom is 0.0496 e. The molecule has 1 heteroatoms. The van der Waals surface area contributed by atoms with E-state index in [1.807, 2.05) is 0 Å². The Kier molecular flexibility index (Phi) is 3.49. The van der Waals surface area contributed by atoms with Crippen molar-refractivity contribution in [2.45, 2.75) is 52.9 Å². The Labute approximate surface area is 106 Å². The van der Waals surface area contributed by atoms with Crippen LogP contribution < -0.4 is 0 Å². The maximum absolute atomic E-state index is 9.46. The van der Waals surface area contributed by atoms with Crippen molar-refractivity contribution in [1.82, 2.24) is 0 Å². The molecule has 0 spiro atoms. The zero-order valence-corrected chi connectivity index (χ0v) is 11.6. The maximum atomic E-state index is 9.46. The van der Waals surface area contributed by atoms with Gasteiger partial charge < -0.3 is 5.11 Å². The summed E-state index contributed by atoms with van der Waals surface area (Å²) >= 11 is 0. The summed E-state index contributed by atoms with van der Waals surface area (Å²) in [6.07, 6.45) is 6.21. The van der Waals surface area contributed by atoms with Gasteiger partial charge in [0.1, 0.15) is 0 Å². The Morgan fingerprint density at radius 3 is 2.65 bits per heavy atom. The van der Waals surface area contributed by atoms with Gasteiger partial charge in [0.05, 0.1) is 0 Å². The molecule has 0 aromatic heterocycles. The first-order chi connectivity index (χ1) is 7.98. The molecular formula is C16H26O. The highest BCUT2D eigenvalue weighted by Crippen LogP contribution is 2.53. The molecule has 0 aromatic rings. The van der Waals surface area contributed by atoms with E-state index in [9.17, 15) is 5.11 Å². The van der Waals surface area contributed by atoms with Gasteiger partial charge in [-0.15, -0.1) is 0 Å². The van der Waals surface area contributed by atoms with Crippen LogP contribution in [-0.2, 0) is 0 Å². The molecule has 2 rings (SSSR count). The molecule has 3 unspecified atom stereocenters. The first kappa shape index (κ1) is 12.9. The van der Waals surface area contributed by atoms with Crippen molar-refractivity contribution in [2.24, 2.45) is 17.3 Å². The molecular weight excluding hydrogens is 208 g/mol. The van der Waals surface area contributed by atoms with Crippen LogP contribution >= 0.6 is 0 Å². The molecule has 2 aliphatic rings. The predicted molar refractivity (Wildman–Crippen MR) is 72.8 cm³/mol. The van der Waals surface area contributed by atoms with Gasteiger partial charge in [-0.1, -0.05) is 30.2 Å². The van der Waals surface area contributed by atoms with Gasteiger partial charge in [-0.25, -0.2) is 0 Å². The third-order valence-electron chi connectivity index (χ3n) is 5.27. The second-order valence-electron chi connectivity index (χ2n) is 6.43. The summed E-state index contributed by atoms with van der Waals surface area (Å²) in [4.78, 5) is 0. The zero-order valence-electron chi connectivity index (χ0n) is 11.6. The Morgan fingerprint density at radius 2 is 2.06 bits per heavy atom. The summed E-state index contributed by atoms with van der Waals surface area (Å²) in [5.41, 5.74) is 4.87. The van der Waals surface area contributed by atoms with Gasteiger partial charge in [0.15, 0.2) is 0 Å². The van der Waals surface area contributed by atoms with Gasteiger partial charge in [-0.3, -0.25) is 0 Å². The molecule has 0 saturated heterocycles. The molecule has 1 fully saturated rings. The Bertz CT molecular complexity index is 353. The molecule has 1 saturated carbocycles. The van der Waals surface area contributed by atoms with E-state index in [-0.39, 0.29) is 0 Å². The van der Waals surface area contributed by atoms with Gasteiger partial charge in [0, 0.05) is 12.5 Å². The quantitative estimate of drug-likeness (QED) is 0.714. The van der Waals surface area contributed by atoms with Crippen LogP contribution in [0.15, 0.2) is 23.3 Å². The fourth-order valence-electron chi connectivity index (χ4n) is 3.76. The fraction of sp³-hybridized carbons (Fsp3) is 0.750. The van der Waals surface area contributed by atoms with Crippen molar-refractivity contribution in [3.8, 4) is 0 Å². The van der Waals surface area contributed by atoms with Gasteiger partial charge in [-0.05, 0) is 57.3 Å². The molecule has 2 aliphatic carbocycles. The monoisotopic (exact) mass is 234 g/mol. The van der Waals surface area contributed by atoms with Crippen molar-refractivity contribution in [1.29, 1.82) is 0 Å². The van der Waals surface area contributed by atoms with Crippen molar-refractivity contribution in [2.75, 3.05) is 6.61 Å². The molecule has 17 heavy (non-hydrogen) atoms. The average Bonchev–Trinajstić information content (AvgIpc) is 2.29. The predicted octanol–water partition coefficient (Wildman–Crippen LogP) is 4.09. The van der Waals surface area contributed by atoms with E-state index in [1.165, 1.54) is 43.3 Å². The van der Waals surface area contributed by atoms with E-state index < -0.39 is 0 Å². The van der Waals surface area contributed by atoms with E-state index in [0.717, 1.165) is 0 Å². The Morgan fingerprint density at radius 1 is 1.41 bits per heavy atom. The topological polar surface area (TPSA) is 20.2 Å². The van der Waals surface area contributed by atoms with E-state index in [1.54, 1.807) is 5.57 Å². The molecule has 0 radical (unpaired) electrons. The number of aliphatic hydroxyl groups is 1. The number of hydrogen-bond donors (Lipinski definition) is 1. The lowest BCUT2D eigenvalue weighted by molar-refractivity contribution is 0.171. The summed E-state index contributed by atoms with van der Waals surface area (Å²) in [6, 6.07) is 0. The van der Waals surface area contributed by atoms with E-state index in [2.05, 4.69) is 27.4 Å². The fourth-order valence-corrected chi connectivity index (χ4v) is 3.76. The summed E-state index contributed by atoms with van der Waals surface area (Å²) in [5, 5.41) is 9.46. The van der Waals surface area contributed by atoms with Crippen LogP contribution in [0.25, 0.3) is 0 Å². The third kappa shape index (κ3) is 2.22. The van der Waals surface area contributed by atoms with E-state index >= 15 is 0 Å². The minimum Gasteiger partial charge on any atom is -0.396 e. The minimum absolute atomic E-state index is 0.323. The van der Waals surface area contributed by atoms with Gasteiger partial charge in [0.25, 0.3) is 0 Å². The van der Waals surface area contributed by atoms with Crippen LogP contribution in [0.1, 0.15) is 52.9 Å². The summed E-state index contributed by atoms with van der Waals surface area (Å²) < 4.78 is 0. The molecule has 0 amide bonds. The largest absolute Gasteiger partial charge is 0.396 e. The van der Waals surface area contributed by atoms with Crippen LogP contribution in [0.2, 0.25) is 0 Å². The van der Waals surface area contributed by atoms with Crippen molar-refractivity contribution in [3.05, 3.63) is 23.3 Å². The number of rotatable bonds is 2. The summed E-state index contributed by atoms with van der Waals surface area (Å²) in [6.45, 7) is 11.3. The van der Waals surface area contributed by atoms with Gasteiger partial charge >= 0.3 is 0 Å². The summed E-state index contributed by atoms with van der Waals surface area (Å²) in [7, 11) is 0. The second-order valence-corrected chi connectivity index (χ2v) is 6.43. The van der Waals surface area contributed by atoms with Crippen molar-refractivity contribution < 1.29 is 5.11 Å². The normalized spacial score (nSPS) is 37.9. The van der Waals surface area contributed by atoms with Crippen LogP contribution in [0.4, 0.5) is 0 Å². The molecule has 1 nitrogen and oxygen atoms in total. The Hall–Kier alpha value is -0.560. The first-order valence-corrected chi connectivity index (χ1v) is 6.94. The number of fused-ring (bicyclic) bond motifs is 1. The minimum atomic E-state index is 0.323. The summed E-state index contributed by atoms with van der Waals surface area (Å²) in [5.74, 6) is 1.09. The zero-order chi connectivity index (χ0) is 12.6. The number of allylic oxidation sites excluding steroid dienone is 2. The Balaban J connectivity index is 2.30. The third-order valence-corrected chi connectivity index (χ3v) is 5.27. The highest BCUT2D eigenvalue weighted by Gasteiger charge is 2.40. The highest BCUT2D eigenvalue weighted by molar-refractivity contribution is 5.29.